The van der Waals surface area contributed by atoms with Gasteiger partial charge in [0.25, 0.3) is 0 Å². The van der Waals surface area contributed by atoms with E-state index in [9.17, 15) is 22.4 Å². The lowest BCUT2D eigenvalue weighted by Gasteiger charge is -2.29. The summed E-state index contributed by atoms with van der Waals surface area (Å²) in [6, 6.07) is 11.9. The lowest BCUT2D eigenvalue weighted by atomic mass is 10.1. The Labute approximate surface area is 225 Å². The van der Waals surface area contributed by atoms with E-state index in [1.54, 1.807) is 24.1 Å². The van der Waals surface area contributed by atoms with Crippen molar-refractivity contribution in [3.63, 3.8) is 0 Å². The van der Waals surface area contributed by atoms with Crippen molar-refractivity contribution in [1.82, 2.24) is 10.3 Å². The van der Waals surface area contributed by atoms with Gasteiger partial charge in [-0.15, -0.1) is 0 Å². The van der Waals surface area contributed by atoms with Crippen molar-refractivity contribution in [1.29, 1.82) is 0 Å². The molecule has 3 heterocycles. The summed E-state index contributed by atoms with van der Waals surface area (Å²) in [5, 5.41) is 3.71. The fourth-order valence-electron chi connectivity index (χ4n) is 4.77. The van der Waals surface area contributed by atoms with E-state index < -0.39 is 27.9 Å². The molecule has 2 aromatic carbocycles. The summed E-state index contributed by atoms with van der Waals surface area (Å²) in [4.78, 5) is 32.7. The Balaban J connectivity index is 1.17. The number of aryl methyl sites for hydroxylation is 1. The molecule has 206 valence electrons. The van der Waals surface area contributed by atoms with Gasteiger partial charge in [0.05, 0.1) is 55.0 Å². The minimum atomic E-state index is -3.09. The van der Waals surface area contributed by atoms with Gasteiger partial charge in [-0.3, -0.25) is 14.7 Å². The summed E-state index contributed by atoms with van der Waals surface area (Å²) < 4.78 is 48.9. The van der Waals surface area contributed by atoms with Crippen molar-refractivity contribution in [3.8, 4) is 5.75 Å². The van der Waals surface area contributed by atoms with Gasteiger partial charge in [0.15, 0.2) is 9.84 Å². The minimum Gasteiger partial charge on any atom is -0.497 e. The Morgan fingerprint density at radius 3 is 2.67 bits per heavy atom. The molecule has 39 heavy (non-hydrogen) atoms. The van der Waals surface area contributed by atoms with Gasteiger partial charge in [0.2, 0.25) is 5.91 Å². The van der Waals surface area contributed by atoms with Crippen molar-refractivity contribution in [2.75, 3.05) is 54.6 Å². The number of rotatable bonds is 7. The Bertz CT molecular complexity index is 1530. The van der Waals surface area contributed by atoms with Gasteiger partial charge in [-0.1, -0.05) is 0 Å². The zero-order valence-corrected chi connectivity index (χ0v) is 22.5. The van der Waals surface area contributed by atoms with E-state index in [2.05, 4.69) is 10.3 Å². The molecule has 0 saturated carbocycles. The van der Waals surface area contributed by atoms with Crippen LogP contribution < -0.4 is 19.9 Å². The van der Waals surface area contributed by atoms with Crippen LogP contribution in [0.4, 0.5) is 20.6 Å². The Kier molecular flexibility index (Phi) is 7.30. The zero-order chi connectivity index (χ0) is 27.7. The molecule has 10 nitrogen and oxygen atoms in total. The number of hydrogen-bond acceptors (Lipinski definition) is 8. The topological polar surface area (TPSA) is 118 Å². The van der Waals surface area contributed by atoms with Gasteiger partial charge in [-0.05, 0) is 48.9 Å². The summed E-state index contributed by atoms with van der Waals surface area (Å²) in [6.07, 6.45) is -1.11. The number of hydrogen-bond donors (Lipinski definition) is 1. The maximum absolute atomic E-state index is 14.9. The van der Waals surface area contributed by atoms with Crippen LogP contribution in [0, 0.1) is 12.7 Å². The first-order valence-electron chi connectivity index (χ1n) is 12.6. The maximum Gasteiger partial charge on any atom is 0.414 e. The predicted octanol–water partition coefficient (Wildman–Crippen LogP) is 2.61. The highest BCUT2D eigenvalue weighted by molar-refractivity contribution is 7.91. The van der Waals surface area contributed by atoms with Gasteiger partial charge in [0.1, 0.15) is 17.7 Å². The smallest absolute Gasteiger partial charge is 0.414 e. The molecule has 2 aliphatic rings. The number of amides is 2. The molecule has 0 aliphatic carbocycles. The molecule has 2 aliphatic heterocycles. The summed E-state index contributed by atoms with van der Waals surface area (Å²) in [6.45, 7) is 2.54. The van der Waals surface area contributed by atoms with E-state index in [4.69, 9.17) is 9.47 Å². The number of nitrogens with one attached hydrogen (secondary N) is 1. The number of carbonyl (C=O) groups excluding carboxylic acids is 2. The number of pyridine rings is 1. The highest BCUT2D eigenvalue weighted by Crippen LogP contribution is 2.29. The van der Waals surface area contributed by atoms with Crippen LogP contribution >= 0.6 is 0 Å². The molecule has 3 aromatic rings. The Hall–Kier alpha value is -3.93. The Morgan fingerprint density at radius 2 is 1.95 bits per heavy atom. The lowest BCUT2D eigenvalue weighted by molar-refractivity contribution is -0.120. The van der Waals surface area contributed by atoms with Crippen molar-refractivity contribution in [3.05, 3.63) is 59.5 Å². The van der Waals surface area contributed by atoms with Crippen molar-refractivity contribution in [2.24, 2.45) is 0 Å². The second-order valence-corrected chi connectivity index (χ2v) is 12.0. The predicted molar refractivity (Wildman–Crippen MR) is 145 cm³/mol. The number of nitrogens with zero attached hydrogens (tertiary/aromatic N) is 3. The number of methoxy groups -OCH3 is 1. The fourth-order valence-corrected chi connectivity index (χ4v) is 5.97. The third-order valence-corrected chi connectivity index (χ3v) is 8.61. The van der Waals surface area contributed by atoms with Crippen LogP contribution in [0.5, 0.6) is 5.75 Å². The molecule has 2 fully saturated rings. The molecule has 1 N–H and O–H groups in total. The van der Waals surface area contributed by atoms with Gasteiger partial charge in [-0.25, -0.2) is 17.6 Å². The maximum atomic E-state index is 14.9. The Morgan fingerprint density at radius 1 is 1.18 bits per heavy atom. The SMILES string of the molecule is COc1ccc2cc(CC(=O)NC[C@H]3CN(c4ccc(N5CCS(=O)(=O)CC5)c(F)c4)C(=O)O3)c(C)nc2c1. The number of fused-ring (bicyclic) bond motifs is 1. The van der Waals surface area contributed by atoms with Crippen LogP contribution in [0.1, 0.15) is 11.3 Å². The third kappa shape index (κ3) is 5.90. The van der Waals surface area contributed by atoms with E-state index in [0.29, 0.717) is 17.1 Å². The van der Waals surface area contributed by atoms with E-state index in [1.165, 1.54) is 11.0 Å². The van der Waals surface area contributed by atoms with E-state index in [1.807, 2.05) is 31.2 Å². The first-order valence-corrected chi connectivity index (χ1v) is 14.4. The highest BCUT2D eigenvalue weighted by atomic mass is 32.2. The van der Waals surface area contributed by atoms with E-state index >= 15 is 0 Å². The summed E-state index contributed by atoms with van der Waals surface area (Å²) in [5.41, 5.74) is 2.93. The van der Waals surface area contributed by atoms with Gasteiger partial charge < -0.3 is 19.7 Å². The number of carbonyl (C=O) groups is 2. The number of aromatic nitrogens is 1. The molecular formula is C27H29FN4O6S. The number of ether oxygens (including phenoxy) is 2. The molecule has 0 radical (unpaired) electrons. The van der Waals surface area contributed by atoms with Gasteiger partial charge >= 0.3 is 6.09 Å². The molecule has 0 bridgehead atoms. The molecule has 1 atom stereocenters. The molecule has 0 spiro atoms. The number of cyclic esters (lactones) is 1. The van der Waals surface area contributed by atoms with E-state index in [-0.39, 0.29) is 50.0 Å². The minimum absolute atomic E-state index is 0.0216. The first kappa shape index (κ1) is 26.7. The molecule has 0 unspecified atom stereocenters. The van der Waals surface area contributed by atoms with Crippen molar-refractivity contribution < 1.29 is 31.9 Å². The molecule has 5 rings (SSSR count). The summed E-state index contributed by atoms with van der Waals surface area (Å²) in [7, 11) is -1.49. The van der Waals surface area contributed by atoms with Gasteiger partial charge in [-0.2, -0.15) is 0 Å². The molecule has 2 saturated heterocycles. The quantitative estimate of drug-likeness (QED) is 0.472. The highest BCUT2D eigenvalue weighted by Gasteiger charge is 2.33. The number of benzene rings is 2. The number of sulfone groups is 1. The normalized spacial score (nSPS) is 18.7. The molecule has 1 aromatic heterocycles. The summed E-state index contributed by atoms with van der Waals surface area (Å²) >= 11 is 0. The molecule has 2 amide bonds. The number of halogens is 1. The number of anilines is 2. The lowest BCUT2D eigenvalue weighted by Crippen LogP contribution is -2.40. The zero-order valence-electron chi connectivity index (χ0n) is 21.6. The van der Waals surface area contributed by atoms with E-state index in [0.717, 1.165) is 22.2 Å². The van der Waals surface area contributed by atoms with Crippen molar-refractivity contribution in [2.45, 2.75) is 19.4 Å². The third-order valence-electron chi connectivity index (χ3n) is 7.00. The second-order valence-electron chi connectivity index (χ2n) is 9.66. The monoisotopic (exact) mass is 556 g/mol. The van der Waals surface area contributed by atoms with Crippen LogP contribution in [-0.4, -0.2) is 76.3 Å². The van der Waals surface area contributed by atoms with Crippen molar-refractivity contribution >= 4 is 44.1 Å². The average molecular weight is 557 g/mol. The largest absolute Gasteiger partial charge is 0.497 e. The first-order chi connectivity index (χ1) is 18.6. The molecular weight excluding hydrogens is 527 g/mol. The second kappa shape index (κ2) is 10.7. The van der Waals surface area contributed by atoms with Crippen LogP contribution in [0.3, 0.4) is 0 Å². The van der Waals surface area contributed by atoms with Crippen LogP contribution in [0.25, 0.3) is 10.9 Å². The molecule has 12 heteroatoms. The fraction of sp³-hybridized carbons (Fsp3) is 0.370. The van der Waals surface area contributed by atoms with Gasteiger partial charge in [0, 0.05) is 30.2 Å². The standard InChI is InChI=1S/C27H29FN4O6S/c1-17-19(11-18-3-5-21(37-2)14-24(18)30-17)12-26(33)29-15-22-16-32(27(34)38-22)20-4-6-25(23(28)13-20)31-7-9-39(35,36)10-8-31/h3-6,11,13-14,22H,7-10,12,15-16H2,1-2H3,(H,29,33)/t22-/m0/s1. The average Bonchev–Trinajstić information content (AvgIpc) is 3.28. The van der Waals surface area contributed by atoms with Crippen LogP contribution in [-0.2, 0) is 25.8 Å². The van der Waals surface area contributed by atoms with Crippen LogP contribution in [0.2, 0.25) is 0 Å². The van der Waals surface area contributed by atoms with Crippen LogP contribution in [0.15, 0.2) is 42.5 Å². The summed E-state index contributed by atoms with van der Waals surface area (Å²) in [5.74, 6) is -0.118.